The Hall–Kier alpha value is -0.120. The first-order valence-corrected chi connectivity index (χ1v) is 8.26. The molecule has 0 aromatic heterocycles. The van der Waals surface area contributed by atoms with E-state index < -0.39 is 0 Å². The summed E-state index contributed by atoms with van der Waals surface area (Å²) >= 11 is 0. The van der Waals surface area contributed by atoms with E-state index in [0.717, 1.165) is 32.2 Å². The second-order valence-electron chi connectivity index (χ2n) is 6.63. The Morgan fingerprint density at radius 1 is 1.32 bits per heavy atom. The van der Waals surface area contributed by atoms with Gasteiger partial charge < -0.3 is 10.5 Å². The van der Waals surface area contributed by atoms with Crippen LogP contribution in [0, 0.1) is 5.92 Å². The molecule has 0 aromatic carbocycles. The fourth-order valence-electron chi connectivity index (χ4n) is 4.20. The smallest absolute Gasteiger partial charge is 0.0620 e. The van der Waals surface area contributed by atoms with Gasteiger partial charge in [-0.3, -0.25) is 4.90 Å². The highest BCUT2D eigenvalue weighted by Gasteiger charge is 2.40. The maximum Gasteiger partial charge on any atom is 0.0620 e. The minimum absolute atomic E-state index is 0.256. The first kappa shape index (κ1) is 15.3. The van der Waals surface area contributed by atoms with Crippen molar-refractivity contribution in [3.8, 4) is 0 Å². The molecule has 3 atom stereocenters. The van der Waals surface area contributed by atoms with E-state index in [1.54, 1.807) is 0 Å². The quantitative estimate of drug-likeness (QED) is 0.797. The summed E-state index contributed by atoms with van der Waals surface area (Å²) in [5, 5.41) is 0. The molecule has 0 spiro atoms. The molecule has 2 N–H and O–H groups in total. The second-order valence-corrected chi connectivity index (χ2v) is 6.63. The molecule has 2 rings (SSSR count). The minimum atomic E-state index is 0.256. The van der Waals surface area contributed by atoms with Gasteiger partial charge in [-0.25, -0.2) is 0 Å². The second kappa shape index (κ2) is 7.05. The van der Waals surface area contributed by atoms with Gasteiger partial charge in [-0.1, -0.05) is 32.6 Å². The van der Waals surface area contributed by atoms with Crippen LogP contribution in [-0.4, -0.2) is 42.8 Å². The minimum Gasteiger partial charge on any atom is -0.379 e. The van der Waals surface area contributed by atoms with Crippen molar-refractivity contribution in [3.63, 3.8) is 0 Å². The lowest BCUT2D eigenvalue weighted by molar-refractivity contribution is -0.0620. The summed E-state index contributed by atoms with van der Waals surface area (Å²) in [6.07, 6.45) is 9.44. The Morgan fingerprint density at radius 3 is 2.84 bits per heavy atom. The highest BCUT2D eigenvalue weighted by Crippen LogP contribution is 2.37. The van der Waals surface area contributed by atoms with Crippen LogP contribution < -0.4 is 5.73 Å². The number of hydrogen-bond acceptors (Lipinski definition) is 3. The fourth-order valence-corrected chi connectivity index (χ4v) is 4.20. The van der Waals surface area contributed by atoms with Gasteiger partial charge in [0.2, 0.25) is 0 Å². The molecular formula is C16H32N2O. The average molecular weight is 268 g/mol. The van der Waals surface area contributed by atoms with Gasteiger partial charge in [-0.2, -0.15) is 0 Å². The number of morpholine rings is 1. The number of ether oxygens (including phenoxy) is 1. The number of nitrogens with zero attached hydrogens (tertiary/aromatic N) is 1. The van der Waals surface area contributed by atoms with Crippen molar-refractivity contribution in [2.24, 2.45) is 11.7 Å². The van der Waals surface area contributed by atoms with Gasteiger partial charge in [0.15, 0.2) is 0 Å². The molecule has 2 aliphatic rings. The first-order valence-electron chi connectivity index (χ1n) is 8.26. The third kappa shape index (κ3) is 3.50. The fraction of sp³-hybridized carbons (Fsp3) is 1.00. The van der Waals surface area contributed by atoms with Crippen LogP contribution in [0.15, 0.2) is 0 Å². The van der Waals surface area contributed by atoms with E-state index in [2.05, 4.69) is 18.7 Å². The van der Waals surface area contributed by atoms with E-state index in [9.17, 15) is 0 Å². The predicted octanol–water partition coefficient (Wildman–Crippen LogP) is 2.79. The van der Waals surface area contributed by atoms with Crippen LogP contribution >= 0.6 is 0 Å². The van der Waals surface area contributed by atoms with Crippen LogP contribution in [0.3, 0.4) is 0 Å². The molecule has 112 valence electrons. The molecule has 0 amide bonds. The van der Waals surface area contributed by atoms with Crippen molar-refractivity contribution >= 4 is 0 Å². The number of nitrogens with two attached hydrogens (primary N) is 1. The third-order valence-electron chi connectivity index (χ3n) is 5.33. The van der Waals surface area contributed by atoms with E-state index in [-0.39, 0.29) is 5.54 Å². The molecule has 0 bridgehead atoms. The highest BCUT2D eigenvalue weighted by molar-refractivity contribution is 4.97. The van der Waals surface area contributed by atoms with Crippen molar-refractivity contribution in [2.75, 3.05) is 26.3 Å². The van der Waals surface area contributed by atoms with E-state index in [1.165, 1.54) is 44.9 Å². The van der Waals surface area contributed by atoms with E-state index >= 15 is 0 Å². The number of rotatable bonds is 4. The summed E-state index contributed by atoms with van der Waals surface area (Å²) in [7, 11) is 0. The van der Waals surface area contributed by atoms with Crippen molar-refractivity contribution in [3.05, 3.63) is 0 Å². The summed E-state index contributed by atoms with van der Waals surface area (Å²) in [5.41, 5.74) is 6.49. The van der Waals surface area contributed by atoms with E-state index in [1.807, 2.05) is 0 Å². The van der Waals surface area contributed by atoms with Crippen molar-refractivity contribution < 1.29 is 4.74 Å². The lowest BCUT2D eigenvalue weighted by Gasteiger charge is -2.48. The topological polar surface area (TPSA) is 38.5 Å². The molecular weight excluding hydrogens is 236 g/mol. The SMILES string of the molecule is CCCC1CCCC(CN)(N2CCOCC2C)CC1. The Bertz CT molecular complexity index is 271. The average Bonchev–Trinajstić information content (AvgIpc) is 2.63. The maximum absolute atomic E-state index is 6.24. The molecule has 1 aliphatic carbocycles. The van der Waals surface area contributed by atoms with Crippen molar-refractivity contribution in [2.45, 2.75) is 70.4 Å². The van der Waals surface area contributed by atoms with Gasteiger partial charge in [-0.05, 0) is 32.1 Å². The maximum atomic E-state index is 6.24. The summed E-state index contributed by atoms with van der Waals surface area (Å²) in [4.78, 5) is 2.67. The highest BCUT2D eigenvalue weighted by atomic mass is 16.5. The van der Waals surface area contributed by atoms with Gasteiger partial charge in [0.05, 0.1) is 13.2 Å². The molecule has 3 heteroatoms. The molecule has 0 radical (unpaired) electrons. The standard InChI is InChI=1S/C16H32N2O/c1-3-5-15-6-4-8-16(13-17,9-7-15)18-10-11-19-12-14(18)2/h14-15H,3-13,17H2,1-2H3. The summed E-state index contributed by atoms with van der Waals surface area (Å²) in [5.74, 6) is 0.940. The molecule has 19 heavy (non-hydrogen) atoms. The lowest BCUT2D eigenvalue weighted by atomic mass is 9.85. The van der Waals surface area contributed by atoms with E-state index in [4.69, 9.17) is 10.5 Å². The summed E-state index contributed by atoms with van der Waals surface area (Å²) < 4.78 is 5.60. The van der Waals surface area contributed by atoms with E-state index in [0.29, 0.717) is 6.04 Å². The van der Waals surface area contributed by atoms with Crippen molar-refractivity contribution in [1.29, 1.82) is 0 Å². The largest absolute Gasteiger partial charge is 0.379 e. The zero-order valence-corrected chi connectivity index (χ0v) is 12.9. The zero-order chi connectivity index (χ0) is 13.7. The molecule has 1 saturated carbocycles. The Morgan fingerprint density at radius 2 is 2.16 bits per heavy atom. The van der Waals surface area contributed by atoms with Crippen LogP contribution in [0.4, 0.5) is 0 Å². The molecule has 3 unspecified atom stereocenters. The molecule has 3 nitrogen and oxygen atoms in total. The molecule has 1 saturated heterocycles. The zero-order valence-electron chi connectivity index (χ0n) is 12.9. The number of hydrogen-bond donors (Lipinski definition) is 1. The van der Waals surface area contributed by atoms with Crippen molar-refractivity contribution in [1.82, 2.24) is 4.90 Å². The predicted molar refractivity (Wildman–Crippen MR) is 80.3 cm³/mol. The summed E-state index contributed by atoms with van der Waals surface area (Å²) in [6.45, 7) is 8.24. The Kier molecular flexibility index (Phi) is 5.67. The monoisotopic (exact) mass is 268 g/mol. The molecule has 1 aliphatic heterocycles. The molecule has 1 heterocycles. The van der Waals surface area contributed by atoms with Gasteiger partial charge >= 0.3 is 0 Å². The Labute approximate surface area is 118 Å². The lowest BCUT2D eigenvalue weighted by Crippen LogP contribution is -2.60. The normalized spacial score (nSPS) is 38.1. The summed E-state index contributed by atoms with van der Waals surface area (Å²) in [6, 6.07) is 0.528. The van der Waals surface area contributed by atoms with Gasteiger partial charge in [0.1, 0.15) is 0 Å². The van der Waals surface area contributed by atoms with Crippen LogP contribution in [0.5, 0.6) is 0 Å². The third-order valence-corrected chi connectivity index (χ3v) is 5.33. The van der Waals surface area contributed by atoms with Crippen LogP contribution in [0.1, 0.15) is 58.8 Å². The first-order chi connectivity index (χ1) is 9.22. The van der Waals surface area contributed by atoms with Gasteiger partial charge in [0.25, 0.3) is 0 Å². The van der Waals surface area contributed by atoms with Crippen LogP contribution in [-0.2, 0) is 4.74 Å². The van der Waals surface area contributed by atoms with Gasteiger partial charge in [-0.15, -0.1) is 0 Å². The van der Waals surface area contributed by atoms with Crippen LogP contribution in [0.25, 0.3) is 0 Å². The van der Waals surface area contributed by atoms with Gasteiger partial charge in [0, 0.05) is 24.7 Å². The van der Waals surface area contributed by atoms with Crippen LogP contribution in [0.2, 0.25) is 0 Å². The molecule has 2 fully saturated rings. The Balaban J connectivity index is 2.04. The molecule has 0 aromatic rings.